The first-order valence-electron chi connectivity index (χ1n) is 6.76. The van der Waals surface area contributed by atoms with Gasteiger partial charge in [0.15, 0.2) is 0 Å². The van der Waals surface area contributed by atoms with Crippen molar-refractivity contribution in [2.75, 3.05) is 27.2 Å². The Morgan fingerprint density at radius 2 is 2.10 bits per heavy atom. The molecule has 2 fully saturated rings. The van der Waals surface area contributed by atoms with Crippen LogP contribution in [0.15, 0.2) is 0 Å². The van der Waals surface area contributed by atoms with Gasteiger partial charge in [-0.25, -0.2) is 0 Å². The quantitative estimate of drug-likeness (QED) is 0.494. The Morgan fingerprint density at radius 1 is 1.45 bits per heavy atom. The smallest absolute Gasteiger partial charge is 0.326 e. The molecule has 2 heterocycles. The molecule has 0 aromatic heterocycles. The molecule has 2 amide bonds. The Morgan fingerprint density at radius 3 is 2.65 bits per heavy atom. The molecule has 7 heteroatoms. The number of esters is 1. The topological polar surface area (TPSA) is 87.7 Å². The summed E-state index contributed by atoms with van der Waals surface area (Å²) in [4.78, 5) is 37.7. The number of fused-ring (bicyclic) bond motifs is 1. The second-order valence-electron chi connectivity index (χ2n) is 5.49. The third-order valence-electron chi connectivity index (χ3n) is 4.34. The minimum absolute atomic E-state index is 0.233. The number of hydrogen-bond acceptors (Lipinski definition) is 6. The maximum absolute atomic E-state index is 12.3. The molecule has 0 aliphatic carbocycles. The summed E-state index contributed by atoms with van der Waals surface area (Å²) in [5.74, 6) is -2.28. The van der Waals surface area contributed by atoms with Crippen LogP contribution < -0.4 is 10.6 Å². The van der Waals surface area contributed by atoms with E-state index in [4.69, 9.17) is 4.74 Å². The van der Waals surface area contributed by atoms with E-state index >= 15 is 0 Å². The van der Waals surface area contributed by atoms with Crippen LogP contribution in [0.25, 0.3) is 0 Å². The van der Waals surface area contributed by atoms with E-state index in [0.29, 0.717) is 6.54 Å². The number of nitrogens with one attached hydrogen (secondary N) is 2. The highest BCUT2D eigenvalue weighted by Crippen LogP contribution is 2.42. The Kier molecular flexibility index (Phi) is 3.84. The van der Waals surface area contributed by atoms with Crippen LogP contribution in [-0.4, -0.2) is 61.5 Å². The average Bonchev–Trinajstić information content (AvgIpc) is 2.86. The summed E-state index contributed by atoms with van der Waals surface area (Å²) in [6, 6.07) is -0.259. The number of imide groups is 1. The molecule has 2 aliphatic rings. The number of amides is 2. The number of rotatable bonds is 4. The molecule has 2 rings (SSSR count). The lowest BCUT2D eigenvalue weighted by atomic mass is 9.81. The third kappa shape index (κ3) is 1.92. The van der Waals surface area contributed by atoms with Gasteiger partial charge in [0.1, 0.15) is 5.54 Å². The van der Waals surface area contributed by atoms with Gasteiger partial charge in [0.05, 0.1) is 18.9 Å². The van der Waals surface area contributed by atoms with Gasteiger partial charge in [-0.15, -0.1) is 0 Å². The predicted molar refractivity (Wildman–Crippen MR) is 70.6 cm³/mol. The molecule has 0 aromatic rings. The van der Waals surface area contributed by atoms with E-state index in [2.05, 4.69) is 10.6 Å². The van der Waals surface area contributed by atoms with Crippen molar-refractivity contribution in [3.8, 4) is 0 Å². The second kappa shape index (κ2) is 5.14. The fraction of sp³-hybridized carbons (Fsp3) is 0.769. The van der Waals surface area contributed by atoms with Gasteiger partial charge in [-0.1, -0.05) is 6.92 Å². The van der Waals surface area contributed by atoms with Crippen LogP contribution in [0.4, 0.5) is 0 Å². The normalized spacial score (nSPS) is 36.4. The lowest BCUT2D eigenvalue weighted by Gasteiger charge is -2.27. The van der Waals surface area contributed by atoms with Crippen LogP contribution in [0.1, 0.15) is 13.8 Å². The molecule has 0 radical (unpaired) electrons. The van der Waals surface area contributed by atoms with Crippen LogP contribution >= 0.6 is 0 Å². The third-order valence-corrected chi connectivity index (χ3v) is 4.34. The van der Waals surface area contributed by atoms with Crippen molar-refractivity contribution in [1.82, 2.24) is 15.5 Å². The average molecular weight is 283 g/mol. The molecular formula is C13H21N3O4. The molecule has 20 heavy (non-hydrogen) atoms. The number of ether oxygens (including phenoxy) is 1. The number of carbonyl (C=O) groups excluding carboxylic acids is 3. The molecule has 112 valence electrons. The molecule has 2 aliphatic heterocycles. The van der Waals surface area contributed by atoms with Gasteiger partial charge in [0, 0.05) is 19.6 Å². The van der Waals surface area contributed by atoms with Crippen molar-refractivity contribution < 1.29 is 19.1 Å². The van der Waals surface area contributed by atoms with Gasteiger partial charge in [-0.05, 0) is 13.5 Å². The molecule has 2 N–H and O–H groups in total. The Bertz CT molecular complexity index is 453. The number of nitrogens with zero attached hydrogens (tertiary/aromatic N) is 1. The van der Waals surface area contributed by atoms with E-state index in [1.807, 2.05) is 6.92 Å². The Balaban J connectivity index is 2.37. The summed E-state index contributed by atoms with van der Waals surface area (Å²) in [6.45, 7) is 4.87. The summed E-state index contributed by atoms with van der Waals surface area (Å²) < 4.78 is 4.81. The minimum Gasteiger partial charge on any atom is -0.468 e. The van der Waals surface area contributed by atoms with Crippen molar-refractivity contribution in [3.63, 3.8) is 0 Å². The second-order valence-corrected chi connectivity index (χ2v) is 5.49. The van der Waals surface area contributed by atoms with Gasteiger partial charge < -0.3 is 10.1 Å². The number of carbonyl (C=O) groups is 3. The van der Waals surface area contributed by atoms with E-state index in [9.17, 15) is 14.4 Å². The SMILES string of the molecule is CCNC[C@H]1N[C@@](C)(C(=O)OC)[C@H]2C(=O)N(C)C(=O)[C@@H]12. The van der Waals surface area contributed by atoms with Crippen molar-refractivity contribution in [2.24, 2.45) is 11.8 Å². The van der Waals surface area contributed by atoms with E-state index in [1.54, 1.807) is 6.92 Å². The lowest BCUT2D eigenvalue weighted by Crippen LogP contribution is -2.55. The molecule has 4 atom stereocenters. The summed E-state index contributed by atoms with van der Waals surface area (Å²) in [5, 5.41) is 6.28. The number of likely N-dealkylation sites (tertiary alicyclic amines) is 1. The zero-order chi connectivity index (χ0) is 15.1. The Hall–Kier alpha value is -1.47. The maximum Gasteiger partial charge on any atom is 0.326 e. The van der Waals surface area contributed by atoms with Crippen LogP contribution in [-0.2, 0) is 19.1 Å². The molecule has 0 spiro atoms. The molecular weight excluding hydrogens is 262 g/mol. The van der Waals surface area contributed by atoms with Gasteiger partial charge in [-0.3, -0.25) is 24.6 Å². The number of likely N-dealkylation sites (N-methyl/N-ethyl adjacent to an activating group) is 1. The van der Waals surface area contributed by atoms with Gasteiger partial charge in [-0.2, -0.15) is 0 Å². The molecule has 7 nitrogen and oxygen atoms in total. The van der Waals surface area contributed by atoms with Crippen LogP contribution in [0.2, 0.25) is 0 Å². The molecule has 2 saturated heterocycles. The van der Waals surface area contributed by atoms with Gasteiger partial charge >= 0.3 is 5.97 Å². The van der Waals surface area contributed by atoms with Crippen molar-refractivity contribution in [1.29, 1.82) is 0 Å². The highest BCUT2D eigenvalue weighted by atomic mass is 16.5. The molecule has 0 saturated carbocycles. The highest BCUT2D eigenvalue weighted by Gasteiger charge is 2.65. The highest BCUT2D eigenvalue weighted by molar-refractivity contribution is 6.09. The van der Waals surface area contributed by atoms with E-state index in [-0.39, 0.29) is 17.9 Å². The van der Waals surface area contributed by atoms with Crippen LogP contribution in [0, 0.1) is 11.8 Å². The summed E-state index contributed by atoms with van der Waals surface area (Å²) >= 11 is 0. The standard InChI is InChI=1S/C13H21N3O4/c1-5-14-6-7-8-9(11(18)16(3)10(8)17)13(2,15-7)12(19)20-4/h7-9,14-15H,5-6H2,1-4H3/t7-,8+,9-,13-/m1/s1. The number of hydrogen-bond donors (Lipinski definition) is 2. The van der Waals surface area contributed by atoms with Crippen molar-refractivity contribution >= 4 is 17.8 Å². The molecule has 0 bridgehead atoms. The minimum atomic E-state index is -1.16. The molecule has 0 unspecified atom stereocenters. The molecule has 0 aromatic carbocycles. The predicted octanol–water partition coefficient (Wildman–Crippen LogP) is -1.27. The summed E-state index contributed by atoms with van der Waals surface area (Å²) in [5.41, 5.74) is -1.16. The first-order valence-corrected chi connectivity index (χ1v) is 6.76. The fourth-order valence-corrected chi connectivity index (χ4v) is 3.29. The van der Waals surface area contributed by atoms with Gasteiger partial charge in [0.2, 0.25) is 11.8 Å². The fourth-order valence-electron chi connectivity index (χ4n) is 3.29. The zero-order valence-corrected chi connectivity index (χ0v) is 12.2. The van der Waals surface area contributed by atoms with E-state index < -0.39 is 23.3 Å². The van der Waals surface area contributed by atoms with Crippen molar-refractivity contribution in [2.45, 2.75) is 25.4 Å². The first kappa shape index (κ1) is 14.9. The van der Waals surface area contributed by atoms with E-state index in [1.165, 1.54) is 14.2 Å². The largest absolute Gasteiger partial charge is 0.468 e. The monoisotopic (exact) mass is 283 g/mol. The van der Waals surface area contributed by atoms with Crippen molar-refractivity contribution in [3.05, 3.63) is 0 Å². The zero-order valence-electron chi connectivity index (χ0n) is 12.2. The van der Waals surface area contributed by atoms with Gasteiger partial charge in [0.25, 0.3) is 0 Å². The maximum atomic E-state index is 12.3. The first-order chi connectivity index (χ1) is 9.38. The van der Waals surface area contributed by atoms with Crippen LogP contribution in [0.3, 0.4) is 0 Å². The lowest BCUT2D eigenvalue weighted by molar-refractivity contribution is -0.152. The summed E-state index contributed by atoms with van der Waals surface area (Å²) in [6.07, 6.45) is 0. The summed E-state index contributed by atoms with van der Waals surface area (Å²) in [7, 11) is 2.75. The Labute approximate surface area is 118 Å². The number of methoxy groups -OCH3 is 1. The van der Waals surface area contributed by atoms with E-state index in [0.717, 1.165) is 11.4 Å². The van der Waals surface area contributed by atoms with Crippen LogP contribution in [0.5, 0.6) is 0 Å².